The Kier molecular flexibility index (Phi) is 3.88. The fourth-order valence-corrected chi connectivity index (χ4v) is 1.47. The molecule has 0 saturated heterocycles. The maximum absolute atomic E-state index is 11.5. The third-order valence-electron chi connectivity index (χ3n) is 1.98. The summed E-state index contributed by atoms with van der Waals surface area (Å²) in [7, 11) is 0. The van der Waals surface area contributed by atoms with E-state index in [2.05, 4.69) is 21.2 Å². The lowest BCUT2D eigenvalue weighted by molar-refractivity contribution is -0.125. The maximum atomic E-state index is 11.5. The first-order chi connectivity index (χ1) is 6.91. The van der Waals surface area contributed by atoms with Crippen LogP contribution in [0.2, 0.25) is 0 Å². The molecule has 0 saturated carbocycles. The topological polar surface area (TPSA) is 55.1 Å². The van der Waals surface area contributed by atoms with Crippen molar-refractivity contribution in [1.82, 2.24) is 5.32 Å². The molecule has 0 radical (unpaired) electrons. The molecule has 0 unspecified atom stereocenters. The van der Waals surface area contributed by atoms with Gasteiger partial charge in [0.25, 0.3) is 0 Å². The molecule has 0 heterocycles. The van der Waals surface area contributed by atoms with E-state index in [1.165, 1.54) is 0 Å². The standard InChI is InChI=1S/C11H15BrN2O/c1-11(2,13)10(15)14-7-8-5-3-4-6-9(8)12/h3-6H,7,13H2,1-2H3,(H,14,15). The van der Waals surface area contributed by atoms with E-state index >= 15 is 0 Å². The number of hydrogen-bond acceptors (Lipinski definition) is 2. The molecule has 0 bridgehead atoms. The van der Waals surface area contributed by atoms with Crippen LogP contribution in [0.5, 0.6) is 0 Å². The number of nitrogens with one attached hydrogen (secondary N) is 1. The van der Waals surface area contributed by atoms with E-state index in [1.807, 2.05) is 24.3 Å². The maximum Gasteiger partial charge on any atom is 0.239 e. The minimum absolute atomic E-state index is 0.154. The Labute approximate surface area is 98.2 Å². The van der Waals surface area contributed by atoms with E-state index in [0.717, 1.165) is 10.0 Å². The van der Waals surface area contributed by atoms with Crippen molar-refractivity contribution in [3.05, 3.63) is 34.3 Å². The molecule has 1 aromatic carbocycles. The van der Waals surface area contributed by atoms with Crippen LogP contribution in [0.1, 0.15) is 19.4 Å². The molecule has 0 aromatic heterocycles. The number of hydrogen-bond donors (Lipinski definition) is 2. The molecule has 15 heavy (non-hydrogen) atoms. The van der Waals surface area contributed by atoms with Crippen molar-refractivity contribution < 1.29 is 4.79 Å². The largest absolute Gasteiger partial charge is 0.350 e. The monoisotopic (exact) mass is 270 g/mol. The number of halogens is 1. The van der Waals surface area contributed by atoms with Crippen LogP contribution in [0.4, 0.5) is 0 Å². The molecule has 3 N–H and O–H groups in total. The van der Waals surface area contributed by atoms with Crippen molar-refractivity contribution >= 4 is 21.8 Å². The third kappa shape index (κ3) is 3.64. The highest BCUT2D eigenvalue weighted by atomic mass is 79.9. The molecule has 0 aliphatic heterocycles. The highest BCUT2D eigenvalue weighted by molar-refractivity contribution is 9.10. The first-order valence-electron chi connectivity index (χ1n) is 4.72. The van der Waals surface area contributed by atoms with Crippen molar-refractivity contribution in [2.75, 3.05) is 0 Å². The Morgan fingerprint density at radius 3 is 2.60 bits per heavy atom. The Hall–Kier alpha value is -0.870. The summed E-state index contributed by atoms with van der Waals surface area (Å²) in [6, 6.07) is 7.76. The fraction of sp³-hybridized carbons (Fsp3) is 0.364. The highest BCUT2D eigenvalue weighted by Crippen LogP contribution is 2.15. The van der Waals surface area contributed by atoms with Gasteiger partial charge in [0.15, 0.2) is 0 Å². The third-order valence-corrected chi connectivity index (χ3v) is 2.76. The van der Waals surface area contributed by atoms with Crippen LogP contribution in [0.15, 0.2) is 28.7 Å². The Morgan fingerprint density at radius 1 is 1.47 bits per heavy atom. The van der Waals surface area contributed by atoms with Crippen molar-refractivity contribution in [3.63, 3.8) is 0 Å². The predicted molar refractivity (Wildman–Crippen MR) is 64.3 cm³/mol. The smallest absolute Gasteiger partial charge is 0.239 e. The average Bonchev–Trinajstić information content (AvgIpc) is 2.14. The number of rotatable bonds is 3. The van der Waals surface area contributed by atoms with Gasteiger partial charge >= 0.3 is 0 Å². The lowest BCUT2D eigenvalue weighted by Gasteiger charge is -2.18. The minimum atomic E-state index is -0.832. The molecule has 1 amide bonds. The van der Waals surface area contributed by atoms with E-state index in [0.29, 0.717) is 6.54 Å². The Balaban J connectivity index is 2.59. The zero-order chi connectivity index (χ0) is 11.5. The van der Waals surface area contributed by atoms with Crippen molar-refractivity contribution in [1.29, 1.82) is 0 Å². The van der Waals surface area contributed by atoms with Gasteiger partial charge < -0.3 is 11.1 Å². The van der Waals surface area contributed by atoms with Crippen LogP contribution in [0.3, 0.4) is 0 Å². The van der Waals surface area contributed by atoms with Gasteiger partial charge in [-0.3, -0.25) is 4.79 Å². The Bertz CT molecular complexity index is 358. The van der Waals surface area contributed by atoms with Crippen LogP contribution in [-0.2, 0) is 11.3 Å². The van der Waals surface area contributed by atoms with Gasteiger partial charge in [-0.2, -0.15) is 0 Å². The first-order valence-corrected chi connectivity index (χ1v) is 5.51. The molecule has 3 nitrogen and oxygen atoms in total. The van der Waals surface area contributed by atoms with Crippen molar-refractivity contribution in [3.8, 4) is 0 Å². The first kappa shape index (κ1) is 12.2. The van der Waals surface area contributed by atoms with Gasteiger partial charge in [0.1, 0.15) is 0 Å². The van der Waals surface area contributed by atoms with Crippen LogP contribution in [-0.4, -0.2) is 11.4 Å². The number of carbonyl (C=O) groups is 1. The number of amides is 1. The summed E-state index contributed by atoms with van der Waals surface area (Å²) in [6.07, 6.45) is 0. The predicted octanol–water partition coefficient (Wildman–Crippen LogP) is 1.80. The summed E-state index contributed by atoms with van der Waals surface area (Å²) < 4.78 is 0.986. The quantitative estimate of drug-likeness (QED) is 0.880. The van der Waals surface area contributed by atoms with Gasteiger partial charge in [0, 0.05) is 11.0 Å². The van der Waals surface area contributed by atoms with E-state index < -0.39 is 5.54 Å². The minimum Gasteiger partial charge on any atom is -0.350 e. The molecule has 0 aliphatic carbocycles. The molecule has 82 valence electrons. The van der Waals surface area contributed by atoms with Crippen molar-refractivity contribution in [2.24, 2.45) is 5.73 Å². The van der Waals surface area contributed by atoms with Gasteiger partial charge in [-0.15, -0.1) is 0 Å². The van der Waals surface area contributed by atoms with Crippen LogP contribution in [0, 0.1) is 0 Å². The second-order valence-electron chi connectivity index (χ2n) is 4.00. The molecule has 0 aliphatic rings. The number of nitrogens with two attached hydrogens (primary N) is 1. The molecule has 0 fully saturated rings. The SMILES string of the molecule is CC(C)(N)C(=O)NCc1ccccc1Br. The zero-order valence-electron chi connectivity index (χ0n) is 8.88. The molecular weight excluding hydrogens is 256 g/mol. The van der Waals surface area contributed by atoms with Gasteiger partial charge in [-0.05, 0) is 25.5 Å². The Morgan fingerprint density at radius 2 is 2.07 bits per heavy atom. The van der Waals surface area contributed by atoms with Crippen LogP contribution < -0.4 is 11.1 Å². The van der Waals surface area contributed by atoms with Crippen LogP contribution >= 0.6 is 15.9 Å². The molecular formula is C11H15BrN2O. The summed E-state index contributed by atoms with van der Waals surface area (Å²) >= 11 is 3.41. The number of carbonyl (C=O) groups excluding carboxylic acids is 1. The van der Waals surface area contributed by atoms with E-state index in [1.54, 1.807) is 13.8 Å². The van der Waals surface area contributed by atoms with Gasteiger partial charge in [-0.1, -0.05) is 34.1 Å². The average molecular weight is 271 g/mol. The lowest BCUT2D eigenvalue weighted by Crippen LogP contribution is -2.48. The second-order valence-corrected chi connectivity index (χ2v) is 4.85. The molecule has 1 aromatic rings. The van der Waals surface area contributed by atoms with Crippen molar-refractivity contribution in [2.45, 2.75) is 25.9 Å². The van der Waals surface area contributed by atoms with Gasteiger partial charge in [0.05, 0.1) is 5.54 Å². The zero-order valence-corrected chi connectivity index (χ0v) is 10.5. The van der Waals surface area contributed by atoms with E-state index in [9.17, 15) is 4.79 Å². The molecule has 1 rings (SSSR count). The highest BCUT2D eigenvalue weighted by Gasteiger charge is 2.21. The fourth-order valence-electron chi connectivity index (χ4n) is 1.05. The summed E-state index contributed by atoms with van der Waals surface area (Å²) in [4.78, 5) is 11.5. The summed E-state index contributed by atoms with van der Waals surface area (Å²) in [5, 5.41) is 2.79. The molecule has 4 heteroatoms. The number of benzene rings is 1. The van der Waals surface area contributed by atoms with Crippen LogP contribution in [0.25, 0.3) is 0 Å². The lowest BCUT2D eigenvalue weighted by atomic mass is 10.1. The van der Waals surface area contributed by atoms with E-state index in [-0.39, 0.29) is 5.91 Å². The van der Waals surface area contributed by atoms with Gasteiger partial charge in [-0.25, -0.2) is 0 Å². The summed E-state index contributed by atoms with van der Waals surface area (Å²) in [5.74, 6) is -0.154. The molecule has 0 atom stereocenters. The van der Waals surface area contributed by atoms with Gasteiger partial charge in [0.2, 0.25) is 5.91 Å². The normalized spacial score (nSPS) is 11.2. The summed E-state index contributed by atoms with van der Waals surface area (Å²) in [5.41, 5.74) is 5.86. The van der Waals surface area contributed by atoms with E-state index in [4.69, 9.17) is 5.73 Å². The molecule has 0 spiro atoms. The second kappa shape index (κ2) is 4.77. The summed E-state index contributed by atoms with van der Waals surface area (Å²) in [6.45, 7) is 3.85.